The van der Waals surface area contributed by atoms with Crippen molar-refractivity contribution in [1.82, 2.24) is 10.2 Å². The van der Waals surface area contributed by atoms with Gasteiger partial charge in [-0.2, -0.15) is 13.2 Å². The van der Waals surface area contributed by atoms with Crippen molar-refractivity contribution in [2.45, 2.75) is 37.9 Å². The van der Waals surface area contributed by atoms with E-state index in [0.29, 0.717) is 24.9 Å². The second-order valence-electron chi connectivity index (χ2n) is 5.87. The summed E-state index contributed by atoms with van der Waals surface area (Å²) < 4.78 is 36.6. The van der Waals surface area contributed by atoms with Crippen molar-refractivity contribution in [3.05, 3.63) is 35.9 Å². The molecule has 8 heteroatoms. The first-order chi connectivity index (χ1) is 11.8. The fourth-order valence-electron chi connectivity index (χ4n) is 2.78. The number of carbonyl (C=O) groups is 3. The van der Waals surface area contributed by atoms with Gasteiger partial charge in [-0.05, 0) is 12.8 Å². The minimum Gasteiger partial charge on any atom is -0.345 e. The van der Waals surface area contributed by atoms with Crippen LogP contribution in [0.5, 0.6) is 0 Å². The van der Waals surface area contributed by atoms with Gasteiger partial charge in [0.25, 0.3) is 0 Å². The summed E-state index contributed by atoms with van der Waals surface area (Å²) in [5.41, 5.74) is 0.496. The number of rotatable bonds is 6. The Bertz CT molecular complexity index is 632. The van der Waals surface area contributed by atoms with Crippen molar-refractivity contribution in [3.8, 4) is 0 Å². The predicted octanol–water partition coefficient (Wildman–Crippen LogP) is 2.32. The van der Waals surface area contributed by atoms with Crippen molar-refractivity contribution in [2.24, 2.45) is 0 Å². The van der Waals surface area contributed by atoms with Crippen LogP contribution in [0.4, 0.5) is 13.2 Å². The van der Waals surface area contributed by atoms with E-state index in [1.165, 1.54) is 4.90 Å². The summed E-state index contributed by atoms with van der Waals surface area (Å²) in [6.45, 7) is -1.11. The van der Waals surface area contributed by atoms with Gasteiger partial charge in [0.1, 0.15) is 12.6 Å². The van der Waals surface area contributed by atoms with Crippen molar-refractivity contribution in [3.63, 3.8) is 0 Å². The molecule has 1 aliphatic heterocycles. The molecule has 0 saturated carbocycles. The number of halogens is 3. The van der Waals surface area contributed by atoms with E-state index in [4.69, 9.17) is 0 Å². The molecule has 0 unspecified atom stereocenters. The van der Waals surface area contributed by atoms with Gasteiger partial charge >= 0.3 is 6.18 Å². The lowest BCUT2D eigenvalue weighted by molar-refractivity contribution is -0.144. The molecule has 25 heavy (non-hydrogen) atoms. The van der Waals surface area contributed by atoms with Gasteiger partial charge in [0.05, 0.1) is 0 Å². The van der Waals surface area contributed by atoms with Crippen LogP contribution in [-0.2, 0) is 9.59 Å². The van der Waals surface area contributed by atoms with Crippen molar-refractivity contribution < 1.29 is 27.6 Å². The normalized spacial score (nSPS) is 17.4. The number of Topliss-reactive ketones (excluding diaryl/α,β-unsaturated/α-hetero) is 1. The highest BCUT2D eigenvalue weighted by Crippen LogP contribution is 2.20. The van der Waals surface area contributed by atoms with Gasteiger partial charge in [0.15, 0.2) is 5.78 Å². The van der Waals surface area contributed by atoms with Gasteiger partial charge in [-0.25, -0.2) is 0 Å². The molecular formula is C17H19F3N2O3. The molecule has 0 radical (unpaired) electrons. The third-order valence-corrected chi connectivity index (χ3v) is 4.00. The minimum absolute atomic E-state index is 0.00373. The van der Waals surface area contributed by atoms with Crippen molar-refractivity contribution in [2.75, 3.05) is 13.1 Å². The molecule has 0 bridgehead atoms. The van der Waals surface area contributed by atoms with Gasteiger partial charge in [-0.15, -0.1) is 0 Å². The molecule has 1 fully saturated rings. The topological polar surface area (TPSA) is 66.5 Å². The van der Waals surface area contributed by atoms with Gasteiger partial charge < -0.3 is 10.2 Å². The number of alkyl halides is 3. The Morgan fingerprint density at radius 2 is 1.80 bits per heavy atom. The molecule has 1 aliphatic rings. The summed E-state index contributed by atoms with van der Waals surface area (Å²) in [5.74, 6) is -1.39. The van der Waals surface area contributed by atoms with Gasteiger partial charge in [-0.3, -0.25) is 14.4 Å². The van der Waals surface area contributed by atoms with Gasteiger partial charge in [0, 0.05) is 24.9 Å². The molecule has 2 rings (SSSR count). The zero-order valence-electron chi connectivity index (χ0n) is 13.5. The zero-order chi connectivity index (χ0) is 18.4. The number of ketones is 1. The van der Waals surface area contributed by atoms with E-state index >= 15 is 0 Å². The number of amides is 2. The second-order valence-corrected chi connectivity index (χ2v) is 5.87. The standard InChI is InChI=1S/C17H19F3N2O3/c18-17(19,20)11-21-16(25)13-7-4-10-22(13)15(24)9-8-14(23)12-5-2-1-3-6-12/h1-3,5-6,13H,4,7-11H2,(H,21,25)/t13-/m1/s1. The third-order valence-electron chi connectivity index (χ3n) is 4.00. The first-order valence-corrected chi connectivity index (χ1v) is 8.00. The monoisotopic (exact) mass is 356 g/mol. The van der Waals surface area contributed by atoms with E-state index in [-0.39, 0.29) is 18.6 Å². The molecule has 1 N–H and O–H groups in total. The molecule has 0 aromatic heterocycles. The molecule has 0 aliphatic carbocycles. The Balaban J connectivity index is 1.87. The van der Waals surface area contributed by atoms with Crippen LogP contribution in [0.25, 0.3) is 0 Å². The average molecular weight is 356 g/mol. The molecule has 2 amide bonds. The third kappa shape index (κ3) is 5.58. The van der Waals surface area contributed by atoms with E-state index in [1.807, 2.05) is 5.32 Å². The summed E-state index contributed by atoms with van der Waals surface area (Å²) in [7, 11) is 0. The van der Waals surface area contributed by atoms with Crippen LogP contribution in [0.1, 0.15) is 36.0 Å². The lowest BCUT2D eigenvalue weighted by Gasteiger charge is -2.24. The largest absolute Gasteiger partial charge is 0.405 e. The highest BCUT2D eigenvalue weighted by Gasteiger charge is 2.36. The number of nitrogens with zero attached hydrogens (tertiary/aromatic N) is 1. The molecule has 1 atom stereocenters. The summed E-state index contributed by atoms with van der Waals surface area (Å²) in [4.78, 5) is 37.4. The molecule has 136 valence electrons. The van der Waals surface area contributed by atoms with Crippen LogP contribution in [0.15, 0.2) is 30.3 Å². The fraction of sp³-hybridized carbons (Fsp3) is 0.471. The quantitative estimate of drug-likeness (QED) is 0.796. The van der Waals surface area contributed by atoms with E-state index in [2.05, 4.69) is 0 Å². The first-order valence-electron chi connectivity index (χ1n) is 8.00. The highest BCUT2D eigenvalue weighted by atomic mass is 19.4. The minimum atomic E-state index is -4.49. The molecule has 1 aromatic carbocycles. The Kier molecular flexibility index (Phi) is 6.17. The van der Waals surface area contributed by atoms with E-state index < -0.39 is 30.6 Å². The lowest BCUT2D eigenvalue weighted by atomic mass is 10.1. The molecule has 1 saturated heterocycles. The maximum absolute atomic E-state index is 12.3. The maximum Gasteiger partial charge on any atom is 0.405 e. The van der Waals surface area contributed by atoms with Crippen LogP contribution >= 0.6 is 0 Å². The first kappa shape index (κ1) is 19.0. The highest BCUT2D eigenvalue weighted by molar-refractivity contribution is 5.98. The van der Waals surface area contributed by atoms with Crippen LogP contribution in [0.2, 0.25) is 0 Å². The fourth-order valence-corrected chi connectivity index (χ4v) is 2.78. The van der Waals surface area contributed by atoms with Crippen molar-refractivity contribution in [1.29, 1.82) is 0 Å². The van der Waals surface area contributed by atoms with E-state index in [0.717, 1.165) is 0 Å². The lowest BCUT2D eigenvalue weighted by Crippen LogP contribution is -2.48. The summed E-state index contributed by atoms with van der Waals surface area (Å²) in [6.07, 6.45) is -3.71. The van der Waals surface area contributed by atoms with Crippen LogP contribution in [0.3, 0.4) is 0 Å². The molecule has 1 heterocycles. The molecular weight excluding hydrogens is 337 g/mol. The summed E-state index contributed by atoms with van der Waals surface area (Å²) >= 11 is 0. The Morgan fingerprint density at radius 1 is 1.12 bits per heavy atom. The molecule has 1 aromatic rings. The van der Waals surface area contributed by atoms with Crippen LogP contribution < -0.4 is 5.32 Å². The van der Waals surface area contributed by atoms with Crippen molar-refractivity contribution >= 4 is 17.6 Å². The predicted molar refractivity (Wildman–Crippen MR) is 83.8 cm³/mol. The van der Waals surface area contributed by atoms with E-state index in [9.17, 15) is 27.6 Å². The van der Waals surface area contributed by atoms with Crippen LogP contribution in [0, 0.1) is 0 Å². The SMILES string of the molecule is O=C(CCC(=O)N1CCC[C@@H]1C(=O)NCC(F)(F)F)c1ccccc1. The Labute approximate surface area is 143 Å². The summed E-state index contributed by atoms with van der Waals surface area (Å²) in [5, 5.41) is 1.82. The maximum atomic E-state index is 12.3. The molecule has 0 spiro atoms. The number of hydrogen-bond acceptors (Lipinski definition) is 3. The number of hydrogen-bond donors (Lipinski definition) is 1. The average Bonchev–Trinajstić information content (AvgIpc) is 3.07. The Hall–Kier alpha value is -2.38. The van der Waals surface area contributed by atoms with E-state index in [1.54, 1.807) is 30.3 Å². The number of benzene rings is 1. The molecule has 5 nitrogen and oxygen atoms in total. The summed E-state index contributed by atoms with van der Waals surface area (Å²) in [6, 6.07) is 7.61. The smallest absolute Gasteiger partial charge is 0.345 e. The zero-order valence-corrected chi connectivity index (χ0v) is 13.5. The van der Waals surface area contributed by atoms with Gasteiger partial charge in [-0.1, -0.05) is 30.3 Å². The second kappa shape index (κ2) is 8.13. The Morgan fingerprint density at radius 3 is 2.44 bits per heavy atom. The van der Waals surface area contributed by atoms with Gasteiger partial charge in [0.2, 0.25) is 11.8 Å². The number of carbonyl (C=O) groups excluding carboxylic acids is 3. The number of likely N-dealkylation sites (tertiary alicyclic amines) is 1. The van der Waals surface area contributed by atoms with Crippen LogP contribution in [-0.4, -0.2) is 47.8 Å². The number of nitrogens with one attached hydrogen (secondary N) is 1.